The number of nitrogens with zero attached hydrogens (tertiary/aromatic N) is 2. The maximum absolute atomic E-state index is 5.56. The smallest absolute Gasteiger partial charge is 0.296 e. The average Bonchev–Trinajstić information content (AvgIpc) is 2.58. The van der Waals surface area contributed by atoms with Crippen molar-refractivity contribution < 1.29 is 4.74 Å². The molecule has 2 heterocycles. The molecule has 0 saturated carbocycles. The first kappa shape index (κ1) is 9.56. The van der Waals surface area contributed by atoms with Crippen LogP contribution in [0.15, 0.2) is 6.20 Å². The summed E-state index contributed by atoms with van der Waals surface area (Å²) in [5.74, 6) is 1.08. The molecule has 1 aromatic rings. The Morgan fingerprint density at radius 2 is 2.14 bits per heavy atom. The van der Waals surface area contributed by atoms with Gasteiger partial charge in [0.25, 0.3) is 6.01 Å². The summed E-state index contributed by atoms with van der Waals surface area (Å²) in [5, 5.41) is 0. The van der Waals surface area contributed by atoms with Crippen molar-refractivity contribution in [2.45, 2.75) is 39.7 Å². The standard InChI is InChI=1S/C11H18N2O/c1-7(2)9-5-13-10(8(3)4)6-14-11(13)12-9/h5,7-8,10H,6H2,1-4H3. The van der Waals surface area contributed by atoms with Gasteiger partial charge in [-0.25, -0.2) is 4.98 Å². The summed E-state index contributed by atoms with van der Waals surface area (Å²) in [6.07, 6.45) is 2.14. The van der Waals surface area contributed by atoms with Crippen LogP contribution in [-0.2, 0) is 0 Å². The van der Waals surface area contributed by atoms with Crippen LogP contribution in [0.2, 0.25) is 0 Å². The van der Waals surface area contributed by atoms with Gasteiger partial charge in [0.05, 0.1) is 11.7 Å². The van der Waals surface area contributed by atoms with Crippen molar-refractivity contribution in [2.75, 3.05) is 6.61 Å². The Morgan fingerprint density at radius 1 is 1.43 bits per heavy atom. The van der Waals surface area contributed by atoms with Crippen molar-refractivity contribution >= 4 is 0 Å². The molecule has 0 fully saturated rings. The van der Waals surface area contributed by atoms with Gasteiger partial charge >= 0.3 is 0 Å². The third-order valence-electron chi connectivity index (χ3n) is 2.82. The molecule has 3 heteroatoms. The average molecular weight is 194 g/mol. The van der Waals surface area contributed by atoms with Gasteiger partial charge in [0.15, 0.2) is 0 Å². The van der Waals surface area contributed by atoms with E-state index >= 15 is 0 Å². The van der Waals surface area contributed by atoms with E-state index in [4.69, 9.17) is 4.74 Å². The number of aromatic nitrogens is 2. The van der Waals surface area contributed by atoms with E-state index in [9.17, 15) is 0 Å². The Hall–Kier alpha value is -0.990. The first-order valence-corrected chi connectivity index (χ1v) is 5.31. The first-order chi connectivity index (χ1) is 6.59. The molecule has 78 valence electrons. The molecule has 0 bridgehead atoms. The Bertz CT molecular complexity index is 328. The number of ether oxygens (including phenoxy) is 1. The van der Waals surface area contributed by atoms with Crippen LogP contribution in [0.25, 0.3) is 0 Å². The second kappa shape index (κ2) is 3.30. The molecule has 1 unspecified atom stereocenters. The minimum absolute atomic E-state index is 0.463. The lowest BCUT2D eigenvalue weighted by atomic mass is 10.1. The van der Waals surface area contributed by atoms with Crippen LogP contribution in [-0.4, -0.2) is 16.2 Å². The van der Waals surface area contributed by atoms with E-state index in [0.717, 1.165) is 18.3 Å². The van der Waals surface area contributed by atoms with Crippen LogP contribution in [0.1, 0.15) is 45.3 Å². The van der Waals surface area contributed by atoms with Crippen molar-refractivity contribution in [3.05, 3.63) is 11.9 Å². The fraction of sp³-hybridized carbons (Fsp3) is 0.727. The highest BCUT2D eigenvalue weighted by Crippen LogP contribution is 2.32. The second-order valence-electron chi connectivity index (χ2n) is 4.63. The van der Waals surface area contributed by atoms with Gasteiger partial charge in [-0.05, 0) is 11.8 Å². The van der Waals surface area contributed by atoms with E-state index in [1.807, 2.05) is 0 Å². The van der Waals surface area contributed by atoms with E-state index in [-0.39, 0.29) is 0 Å². The van der Waals surface area contributed by atoms with Gasteiger partial charge in [-0.2, -0.15) is 0 Å². The van der Waals surface area contributed by atoms with Crippen LogP contribution < -0.4 is 4.74 Å². The SMILES string of the molecule is CC(C)c1cn2c(n1)OCC2C(C)C. The van der Waals surface area contributed by atoms with Gasteiger partial charge in [0.2, 0.25) is 0 Å². The number of fused-ring (bicyclic) bond motifs is 1. The van der Waals surface area contributed by atoms with Crippen LogP contribution in [0.5, 0.6) is 6.01 Å². The van der Waals surface area contributed by atoms with Crippen LogP contribution >= 0.6 is 0 Å². The van der Waals surface area contributed by atoms with Crippen molar-refractivity contribution in [1.82, 2.24) is 9.55 Å². The van der Waals surface area contributed by atoms with Crippen molar-refractivity contribution in [2.24, 2.45) is 5.92 Å². The molecule has 1 atom stereocenters. The van der Waals surface area contributed by atoms with Crippen molar-refractivity contribution in [3.8, 4) is 6.01 Å². The molecule has 0 radical (unpaired) electrons. The molecular weight excluding hydrogens is 176 g/mol. The normalized spacial score (nSPS) is 20.3. The Morgan fingerprint density at radius 3 is 2.71 bits per heavy atom. The first-order valence-electron chi connectivity index (χ1n) is 5.31. The maximum Gasteiger partial charge on any atom is 0.296 e. The Labute approximate surface area is 85.1 Å². The fourth-order valence-electron chi connectivity index (χ4n) is 1.77. The van der Waals surface area contributed by atoms with E-state index in [1.165, 1.54) is 0 Å². The zero-order valence-electron chi connectivity index (χ0n) is 9.32. The highest BCUT2D eigenvalue weighted by Gasteiger charge is 2.28. The van der Waals surface area contributed by atoms with E-state index in [2.05, 4.69) is 43.4 Å². The maximum atomic E-state index is 5.56. The quantitative estimate of drug-likeness (QED) is 0.723. The molecule has 3 nitrogen and oxygen atoms in total. The molecule has 1 aliphatic rings. The number of imidazole rings is 1. The molecule has 0 amide bonds. The molecule has 1 aliphatic heterocycles. The van der Waals surface area contributed by atoms with E-state index in [1.54, 1.807) is 0 Å². The highest BCUT2D eigenvalue weighted by atomic mass is 16.5. The van der Waals surface area contributed by atoms with Gasteiger partial charge in [-0.3, -0.25) is 4.57 Å². The fourth-order valence-corrected chi connectivity index (χ4v) is 1.77. The number of hydrogen-bond acceptors (Lipinski definition) is 2. The molecule has 1 aromatic heterocycles. The molecule has 0 aliphatic carbocycles. The minimum Gasteiger partial charge on any atom is -0.462 e. The lowest BCUT2D eigenvalue weighted by Gasteiger charge is -2.13. The van der Waals surface area contributed by atoms with Crippen LogP contribution in [0.4, 0.5) is 0 Å². The number of rotatable bonds is 2. The molecule has 2 rings (SSSR count). The topological polar surface area (TPSA) is 27.1 Å². The lowest BCUT2D eigenvalue weighted by molar-refractivity contribution is 0.284. The lowest BCUT2D eigenvalue weighted by Crippen LogP contribution is -2.13. The van der Waals surface area contributed by atoms with E-state index in [0.29, 0.717) is 17.9 Å². The molecule has 0 saturated heterocycles. The van der Waals surface area contributed by atoms with E-state index < -0.39 is 0 Å². The molecular formula is C11H18N2O. The van der Waals surface area contributed by atoms with Crippen LogP contribution in [0.3, 0.4) is 0 Å². The summed E-state index contributed by atoms with van der Waals surface area (Å²) in [5.41, 5.74) is 1.13. The van der Waals surface area contributed by atoms with Gasteiger partial charge in [0.1, 0.15) is 6.61 Å². The summed E-state index contributed by atoms with van der Waals surface area (Å²) < 4.78 is 7.74. The summed E-state index contributed by atoms with van der Waals surface area (Å²) in [7, 11) is 0. The van der Waals surface area contributed by atoms with Gasteiger partial charge in [0, 0.05) is 6.20 Å². The summed E-state index contributed by atoms with van der Waals surface area (Å²) in [6.45, 7) is 9.53. The van der Waals surface area contributed by atoms with Crippen LogP contribution in [0, 0.1) is 5.92 Å². The monoisotopic (exact) mass is 194 g/mol. The molecule has 0 aromatic carbocycles. The predicted molar refractivity (Wildman–Crippen MR) is 55.7 cm³/mol. The molecule has 14 heavy (non-hydrogen) atoms. The Balaban J connectivity index is 2.30. The van der Waals surface area contributed by atoms with Gasteiger partial charge < -0.3 is 4.74 Å². The number of hydrogen-bond donors (Lipinski definition) is 0. The zero-order valence-corrected chi connectivity index (χ0v) is 9.32. The summed E-state index contributed by atoms with van der Waals surface area (Å²) in [6, 6.07) is 1.26. The summed E-state index contributed by atoms with van der Waals surface area (Å²) >= 11 is 0. The third-order valence-corrected chi connectivity index (χ3v) is 2.82. The Kier molecular flexibility index (Phi) is 2.25. The van der Waals surface area contributed by atoms with Crippen molar-refractivity contribution in [1.29, 1.82) is 0 Å². The highest BCUT2D eigenvalue weighted by molar-refractivity contribution is 5.16. The van der Waals surface area contributed by atoms with Gasteiger partial charge in [-0.15, -0.1) is 0 Å². The molecule has 0 N–H and O–H groups in total. The second-order valence-corrected chi connectivity index (χ2v) is 4.63. The third kappa shape index (κ3) is 1.41. The predicted octanol–water partition coefficient (Wildman–Crippen LogP) is 2.60. The largest absolute Gasteiger partial charge is 0.462 e. The van der Waals surface area contributed by atoms with Crippen molar-refractivity contribution in [3.63, 3.8) is 0 Å². The summed E-state index contributed by atoms with van der Waals surface area (Å²) in [4.78, 5) is 4.46. The zero-order chi connectivity index (χ0) is 10.3. The van der Waals surface area contributed by atoms with Gasteiger partial charge in [-0.1, -0.05) is 27.7 Å². The minimum atomic E-state index is 0.463. The molecule has 0 spiro atoms.